The van der Waals surface area contributed by atoms with Crippen LogP contribution in [0.3, 0.4) is 0 Å². The van der Waals surface area contributed by atoms with Crippen LogP contribution in [0.25, 0.3) is 23.0 Å². The Bertz CT molecular complexity index is 680. The van der Waals surface area contributed by atoms with E-state index in [1.807, 2.05) is 31.2 Å². The Labute approximate surface area is 115 Å². The minimum absolute atomic E-state index is 0.419. The molecule has 0 spiro atoms. The van der Waals surface area contributed by atoms with Gasteiger partial charge in [-0.2, -0.15) is 4.98 Å². The number of hydrogen-bond donors (Lipinski definition) is 0. The minimum Gasteiger partial charge on any atom is -0.494 e. The molecule has 0 saturated carbocycles. The van der Waals surface area contributed by atoms with Gasteiger partial charge in [0.1, 0.15) is 11.4 Å². The molecule has 0 amide bonds. The average molecular weight is 268 g/mol. The maximum Gasteiger partial charge on any atom is 0.258 e. The third kappa shape index (κ3) is 2.49. The fourth-order valence-electron chi connectivity index (χ4n) is 1.72. The molecule has 0 aliphatic carbocycles. The van der Waals surface area contributed by atoms with Gasteiger partial charge in [-0.1, -0.05) is 5.16 Å². The highest BCUT2D eigenvalue weighted by Gasteiger charge is 2.11. The zero-order valence-electron chi connectivity index (χ0n) is 10.9. The monoisotopic (exact) mass is 268 g/mol. The zero-order valence-corrected chi connectivity index (χ0v) is 10.9. The van der Waals surface area contributed by atoms with Gasteiger partial charge < -0.3 is 9.26 Å². The van der Waals surface area contributed by atoms with Crippen LogP contribution in [0.15, 0.2) is 47.4 Å². The molecule has 0 radical (unpaired) electrons. The molecule has 1 aromatic carbocycles. The summed E-state index contributed by atoms with van der Waals surface area (Å²) in [5.74, 6) is 1.67. The van der Waals surface area contributed by atoms with Gasteiger partial charge in [0.2, 0.25) is 5.82 Å². The molecule has 0 atom stereocenters. The summed E-state index contributed by atoms with van der Waals surface area (Å²) in [6, 6.07) is 7.48. The molecule has 0 fully saturated rings. The molecule has 3 aromatic rings. The Hall–Kier alpha value is -2.76. The summed E-state index contributed by atoms with van der Waals surface area (Å²) in [5, 5.41) is 3.90. The van der Waals surface area contributed by atoms with E-state index >= 15 is 0 Å². The van der Waals surface area contributed by atoms with Crippen molar-refractivity contribution in [2.75, 3.05) is 6.61 Å². The van der Waals surface area contributed by atoms with E-state index in [-0.39, 0.29) is 0 Å². The lowest BCUT2D eigenvalue weighted by atomic mass is 10.2. The summed E-state index contributed by atoms with van der Waals surface area (Å²) in [6.45, 7) is 2.58. The Morgan fingerprint density at radius 2 is 2.00 bits per heavy atom. The van der Waals surface area contributed by atoms with Crippen LogP contribution in [0.4, 0.5) is 0 Å². The highest BCUT2D eigenvalue weighted by Crippen LogP contribution is 2.23. The first-order chi connectivity index (χ1) is 9.86. The Morgan fingerprint density at radius 3 is 2.70 bits per heavy atom. The van der Waals surface area contributed by atoms with Crippen LogP contribution in [0.2, 0.25) is 0 Å². The van der Waals surface area contributed by atoms with Gasteiger partial charge in [-0.15, -0.1) is 0 Å². The van der Waals surface area contributed by atoms with Crippen LogP contribution in [-0.2, 0) is 0 Å². The van der Waals surface area contributed by atoms with Gasteiger partial charge in [0, 0.05) is 18.0 Å². The lowest BCUT2D eigenvalue weighted by Crippen LogP contribution is -1.90. The first-order valence-electron chi connectivity index (χ1n) is 6.20. The van der Waals surface area contributed by atoms with E-state index in [1.54, 1.807) is 18.6 Å². The van der Waals surface area contributed by atoms with Crippen molar-refractivity contribution in [2.24, 2.45) is 0 Å². The van der Waals surface area contributed by atoms with E-state index < -0.39 is 0 Å². The second-order valence-corrected chi connectivity index (χ2v) is 3.97. The standard InChI is InChI=1S/C14H12N4O2/c1-2-19-11-5-3-10(4-6-11)14-17-13(18-20-14)12-9-15-7-8-16-12/h3-9H,2H2,1H3. The number of nitrogens with zero attached hydrogens (tertiary/aromatic N) is 4. The highest BCUT2D eigenvalue weighted by molar-refractivity contribution is 5.57. The van der Waals surface area contributed by atoms with Crippen molar-refractivity contribution in [2.45, 2.75) is 6.92 Å². The molecule has 20 heavy (non-hydrogen) atoms. The molecule has 0 aliphatic rings. The van der Waals surface area contributed by atoms with Crippen molar-refractivity contribution < 1.29 is 9.26 Å². The van der Waals surface area contributed by atoms with Crippen molar-refractivity contribution >= 4 is 0 Å². The van der Waals surface area contributed by atoms with Gasteiger partial charge in [0.25, 0.3) is 5.89 Å². The lowest BCUT2D eigenvalue weighted by molar-refractivity contribution is 0.340. The van der Waals surface area contributed by atoms with E-state index in [1.165, 1.54) is 0 Å². The summed E-state index contributed by atoms with van der Waals surface area (Å²) in [4.78, 5) is 12.4. The Morgan fingerprint density at radius 1 is 1.15 bits per heavy atom. The molecule has 0 bridgehead atoms. The first-order valence-corrected chi connectivity index (χ1v) is 6.20. The number of hydrogen-bond acceptors (Lipinski definition) is 6. The number of benzene rings is 1. The summed E-state index contributed by atoms with van der Waals surface area (Å²) >= 11 is 0. The first kappa shape index (κ1) is 12.3. The molecule has 2 aromatic heterocycles. The van der Waals surface area contributed by atoms with Crippen LogP contribution >= 0.6 is 0 Å². The van der Waals surface area contributed by atoms with Gasteiger partial charge >= 0.3 is 0 Å². The quantitative estimate of drug-likeness (QED) is 0.724. The summed E-state index contributed by atoms with van der Waals surface area (Å²) in [5.41, 5.74) is 1.41. The maximum absolute atomic E-state index is 5.39. The Balaban J connectivity index is 1.86. The average Bonchev–Trinajstić information content (AvgIpc) is 2.99. The number of aromatic nitrogens is 4. The van der Waals surface area contributed by atoms with Gasteiger partial charge in [0.15, 0.2) is 0 Å². The molecule has 0 aliphatic heterocycles. The molecule has 6 nitrogen and oxygen atoms in total. The van der Waals surface area contributed by atoms with Gasteiger partial charge in [-0.25, -0.2) is 4.98 Å². The van der Waals surface area contributed by atoms with Crippen LogP contribution in [0, 0.1) is 0 Å². The second kappa shape index (κ2) is 5.48. The molecule has 100 valence electrons. The van der Waals surface area contributed by atoms with E-state index in [0.29, 0.717) is 24.0 Å². The van der Waals surface area contributed by atoms with Gasteiger partial charge in [0.05, 0.1) is 12.8 Å². The summed E-state index contributed by atoms with van der Waals surface area (Å²) in [7, 11) is 0. The predicted molar refractivity (Wildman–Crippen MR) is 71.9 cm³/mol. The lowest BCUT2D eigenvalue weighted by Gasteiger charge is -2.02. The minimum atomic E-state index is 0.419. The summed E-state index contributed by atoms with van der Waals surface area (Å²) in [6.07, 6.45) is 4.77. The normalized spacial score (nSPS) is 10.4. The molecule has 6 heteroatoms. The second-order valence-electron chi connectivity index (χ2n) is 3.97. The van der Waals surface area contributed by atoms with Crippen LogP contribution < -0.4 is 4.74 Å². The van der Waals surface area contributed by atoms with Crippen molar-refractivity contribution in [3.63, 3.8) is 0 Å². The third-order valence-electron chi connectivity index (χ3n) is 2.63. The van der Waals surface area contributed by atoms with E-state index in [2.05, 4.69) is 20.1 Å². The van der Waals surface area contributed by atoms with Gasteiger partial charge in [-0.05, 0) is 31.2 Å². The van der Waals surface area contributed by atoms with E-state index in [9.17, 15) is 0 Å². The molecule has 2 heterocycles. The largest absolute Gasteiger partial charge is 0.494 e. The molecule has 0 N–H and O–H groups in total. The highest BCUT2D eigenvalue weighted by atomic mass is 16.5. The smallest absolute Gasteiger partial charge is 0.258 e. The number of ether oxygens (including phenoxy) is 1. The molecule has 0 unspecified atom stereocenters. The maximum atomic E-state index is 5.39. The van der Waals surface area contributed by atoms with Crippen molar-refractivity contribution in [1.82, 2.24) is 20.1 Å². The van der Waals surface area contributed by atoms with Crippen LogP contribution in [0.1, 0.15) is 6.92 Å². The van der Waals surface area contributed by atoms with E-state index in [0.717, 1.165) is 11.3 Å². The Kier molecular flexibility index (Phi) is 3.36. The van der Waals surface area contributed by atoms with Crippen LogP contribution in [0.5, 0.6) is 5.75 Å². The van der Waals surface area contributed by atoms with E-state index in [4.69, 9.17) is 9.26 Å². The fourth-order valence-corrected chi connectivity index (χ4v) is 1.72. The molecule has 3 rings (SSSR count). The molecular weight excluding hydrogens is 256 g/mol. The molecule has 0 saturated heterocycles. The zero-order chi connectivity index (χ0) is 13.8. The SMILES string of the molecule is CCOc1ccc(-c2nc(-c3cnccn3)no2)cc1. The van der Waals surface area contributed by atoms with Crippen LogP contribution in [-0.4, -0.2) is 26.7 Å². The number of rotatable bonds is 4. The predicted octanol–water partition coefficient (Wildman–Crippen LogP) is 2.59. The summed E-state index contributed by atoms with van der Waals surface area (Å²) < 4.78 is 10.6. The van der Waals surface area contributed by atoms with Crippen molar-refractivity contribution in [1.29, 1.82) is 0 Å². The van der Waals surface area contributed by atoms with Gasteiger partial charge in [-0.3, -0.25) is 4.98 Å². The third-order valence-corrected chi connectivity index (χ3v) is 2.63. The van der Waals surface area contributed by atoms with Crippen molar-refractivity contribution in [3.05, 3.63) is 42.9 Å². The molecular formula is C14H12N4O2. The van der Waals surface area contributed by atoms with Crippen molar-refractivity contribution in [3.8, 4) is 28.7 Å². The fraction of sp³-hybridized carbons (Fsp3) is 0.143. The topological polar surface area (TPSA) is 73.9 Å².